The van der Waals surface area contributed by atoms with Crippen molar-refractivity contribution >= 4 is 17.3 Å². The molecule has 0 fully saturated rings. The summed E-state index contributed by atoms with van der Waals surface area (Å²) >= 11 is 1.74. The molecule has 1 aromatic heterocycles. The summed E-state index contributed by atoms with van der Waals surface area (Å²) in [6, 6.07) is 4.47. The van der Waals surface area contributed by atoms with Gasteiger partial charge in [-0.05, 0) is 24.8 Å². The molecule has 0 aliphatic carbocycles. The van der Waals surface area contributed by atoms with Gasteiger partial charge in [0.1, 0.15) is 0 Å². The van der Waals surface area contributed by atoms with Crippen molar-refractivity contribution in [2.75, 3.05) is 6.54 Å². The summed E-state index contributed by atoms with van der Waals surface area (Å²) in [5.74, 6) is 0.535. The maximum atomic E-state index is 5.71. The standard InChI is InChI=1S/C10H17N3S/c1-3-8(9-6-5-7-14-9)13-10(11)12-4-2/h5-8H,3-4H2,1-2H3,(H3,11,12,13). The Labute approximate surface area is 89.0 Å². The lowest BCUT2D eigenvalue weighted by Gasteiger charge is -2.15. The number of rotatable bonds is 4. The third-order valence-electron chi connectivity index (χ3n) is 1.95. The maximum Gasteiger partial charge on any atom is 0.189 e. The molecule has 0 aromatic carbocycles. The minimum absolute atomic E-state index is 0.297. The van der Waals surface area contributed by atoms with Gasteiger partial charge < -0.3 is 11.1 Å². The van der Waals surface area contributed by atoms with E-state index in [1.807, 2.05) is 6.92 Å². The first-order chi connectivity index (χ1) is 6.77. The zero-order valence-electron chi connectivity index (χ0n) is 8.66. The van der Waals surface area contributed by atoms with Gasteiger partial charge in [0.15, 0.2) is 5.96 Å². The van der Waals surface area contributed by atoms with Gasteiger partial charge in [0, 0.05) is 11.4 Å². The summed E-state index contributed by atoms with van der Waals surface area (Å²) in [5.41, 5.74) is 5.71. The summed E-state index contributed by atoms with van der Waals surface area (Å²) in [5, 5.41) is 5.28. The summed E-state index contributed by atoms with van der Waals surface area (Å²) < 4.78 is 0. The zero-order chi connectivity index (χ0) is 10.4. The first-order valence-electron chi connectivity index (χ1n) is 4.87. The predicted octanol–water partition coefficient (Wildman–Crippen LogP) is 2.12. The Morgan fingerprint density at radius 1 is 1.64 bits per heavy atom. The molecule has 0 aliphatic rings. The molecule has 0 saturated carbocycles. The minimum Gasteiger partial charge on any atom is -0.370 e. The van der Waals surface area contributed by atoms with Crippen molar-refractivity contribution in [1.29, 1.82) is 0 Å². The average Bonchev–Trinajstić information content (AvgIpc) is 2.67. The van der Waals surface area contributed by atoms with Crippen molar-refractivity contribution in [2.45, 2.75) is 26.3 Å². The van der Waals surface area contributed by atoms with Crippen LogP contribution in [-0.4, -0.2) is 12.5 Å². The van der Waals surface area contributed by atoms with Gasteiger partial charge in [-0.25, -0.2) is 0 Å². The molecule has 1 heterocycles. The van der Waals surface area contributed by atoms with Crippen LogP contribution in [0.4, 0.5) is 0 Å². The van der Waals surface area contributed by atoms with Crippen LogP contribution in [-0.2, 0) is 0 Å². The van der Waals surface area contributed by atoms with Crippen LogP contribution in [0.25, 0.3) is 0 Å². The highest BCUT2D eigenvalue weighted by Gasteiger charge is 2.09. The van der Waals surface area contributed by atoms with Gasteiger partial charge in [-0.3, -0.25) is 4.99 Å². The zero-order valence-corrected chi connectivity index (χ0v) is 9.47. The molecule has 1 rings (SSSR count). The van der Waals surface area contributed by atoms with Gasteiger partial charge in [0.05, 0.1) is 6.04 Å². The highest BCUT2D eigenvalue weighted by Crippen LogP contribution is 2.21. The van der Waals surface area contributed by atoms with Crippen LogP contribution in [0.1, 0.15) is 31.2 Å². The van der Waals surface area contributed by atoms with Crippen molar-refractivity contribution in [2.24, 2.45) is 10.7 Å². The lowest BCUT2D eigenvalue weighted by molar-refractivity contribution is 0.631. The second-order valence-corrected chi connectivity index (χ2v) is 3.96. The first-order valence-corrected chi connectivity index (χ1v) is 5.75. The number of nitrogens with one attached hydrogen (secondary N) is 1. The highest BCUT2D eigenvalue weighted by molar-refractivity contribution is 7.10. The summed E-state index contributed by atoms with van der Waals surface area (Å²) in [6.07, 6.45) is 1.01. The molecule has 1 atom stereocenters. The molecule has 0 bridgehead atoms. The Morgan fingerprint density at radius 2 is 2.43 bits per heavy atom. The Balaban J connectivity index is 2.60. The molecule has 1 unspecified atom stereocenters. The Hall–Kier alpha value is -1.03. The third-order valence-corrected chi connectivity index (χ3v) is 2.93. The van der Waals surface area contributed by atoms with Crippen LogP contribution >= 0.6 is 11.3 Å². The molecule has 3 nitrogen and oxygen atoms in total. The Bertz CT molecular complexity index is 280. The van der Waals surface area contributed by atoms with Crippen LogP contribution in [0.3, 0.4) is 0 Å². The van der Waals surface area contributed by atoms with Crippen LogP contribution in [0.5, 0.6) is 0 Å². The van der Waals surface area contributed by atoms with Gasteiger partial charge in [0.2, 0.25) is 0 Å². The molecule has 0 spiro atoms. The van der Waals surface area contributed by atoms with Gasteiger partial charge in [0.25, 0.3) is 0 Å². The van der Waals surface area contributed by atoms with E-state index >= 15 is 0 Å². The average molecular weight is 211 g/mol. The Morgan fingerprint density at radius 3 is 2.93 bits per heavy atom. The fraction of sp³-hybridized carbons (Fsp3) is 0.500. The van der Waals surface area contributed by atoms with E-state index in [1.165, 1.54) is 4.88 Å². The smallest absolute Gasteiger partial charge is 0.189 e. The molecule has 0 aliphatic heterocycles. The number of nitrogens with two attached hydrogens (primary N) is 1. The number of thiophene rings is 1. The van der Waals surface area contributed by atoms with Crippen molar-refractivity contribution in [3.8, 4) is 0 Å². The monoisotopic (exact) mass is 211 g/mol. The summed E-state index contributed by atoms with van der Waals surface area (Å²) in [6.45, 7) is 4.83. The number of hydrogen-bond donors (Lipinski definition) is 2. The largest absolute Gasteiger partial charge is 0.370 e. The van der Waals surface area contributed by atoms with E-state index in [0.717, 1.165) is 13.0 Å². The fourth-order valence-corrected chi connectivity index (χ4v) is 2.12. The highest BCUT2D eigenvalue weighted by atomic mass is 32.1. The van der Waals surface area contributed by atoms with Crippen LogP contribution in [0.2, 0.25) is 0 Å². The first kappa shape index (κ1) is 11.0. The van der Waals surface area contributed by atoms with E-state index in [4.69, 9.17) is 5.73 Å². The van der Waals surface area contributed by atoms with Crippen molar-refractivity contribution < 1.29 is 0 Å². The predicted molar refractivity (Wildman–Crippen MR) is 62.7 cm³/mol. The van der Waals surface area contributed by atoms with Crippen molar-refractivity contribution in [3.63, 3.8) is 0 Å². The molecular formula is C10H17N3S. The van der Waals surface area contributed by atoms with E-state index < -0.39 is 0 Å². The third kappa shape index (κ3) is 3.03. The number of aliphatic imine (C=N–C) groups is 1. The van der Waals surface area contributed by atoms with Gasteiger partial charge in [-0.2, -0.15) is 0 Å². The lowest BCUT2D eigenvalue weighted by Crippen LogP contribution is -2.34. The maximum absolute atomic E-state index is 5.71. The van der Waals surface area contributed by atoms with Gasteiger partial charge in [-0.1, -0.05) is 13.0 Å². The van der Waals surface area contributed by atoms with E-state index in [1.54, 1.807) is 11.3 Å². The van der Waals surface area contributed by atoms with Crippen molar-refractivity contribution in [3.05, 3.63) is 22.4 Å². The second kappa shape index (κ2) is 5.65. The van der Waals surface area contributed by atoms with Crippen LogP contribution in [0, 0.1) is 0 Å². The van der Waals surface area contributed by atoms with Gasteiger partial charge in [-0.15, -0.1) is 11.3 Å². The summed E-state index contributed by atoms with van der Waals surface area (Å²) in [7, 11) is 0. The topological polar surface area (TPSA) is 50.4 Å². The number of hydrogen-bond acceptors (Lipinski definition) is 2. The Kier molecular flexibility index (Phi) is 4.46. The molecule has 0 saturated heterocycles. The fourth-order valence-electron chi connectivity index (χ4n) is 1.26. The van der Waals surface area contributed by atoms with Crippen molar-refractivity contribution in [1.82, 2.24) is 5.32 Å². The summed E-state index contributed by atoms with van der Waals surface area (Å²) in [4.78, 5) is 5.42. The molecule has 3 N–H and O–H groups in total. The molecule has 0 radical (unpaired) electrons. The quantitative estimate of drug-likeness (QED) is 0.592. The van der Waals surface area contributed by atoms with E-state index in [2.05, 4.69) is 34.7 Å². The molecule has 78 valence electrons. The van der Waals surface area contributed by atoms with E-state index in [0.29, 0.717) is 12.0 Å². The number of guanidine groups is 1. The van der Waals surface area contributed by atoms with Crippen LogP contribution < -0.4 is 11.1 Å². The second-order valence-electron chi connectivity index (χ2n) is 2.98. The minimum atomic E-state index is 0.297. The van der Waals surface area contributed by atoms with E-state index in [9.17, 15) is 0 Å². The lowest BCUT2D eigenvalue weighted by atomic mass is 10.2. The number of nitrogens with zero attached hydrogens (tertiary/aromatic N) is 1. The van der Waals surface area contributed by atoms with Gasteiger partial charge >= 0.3 is 0 Å². The molecule has 1 aromatic rings. The normalized spacial score (nSPS) is 14.0. The molecule has 14 heavy (non-hydrogen) atoms. The van der Waals surface area contributed by atoms with Crippen LogP contribution in [0.15, 0.2) is 22.5 Å². The molecular weight excluding hydrogens is 194 g/mol. The molecule has 0 amide bonds. The molecule has 4 heteroatoms. The van der Waals surface area contributed by atoms with E-state index in [-0.39, 0.29) is 0 Å². The SMILES string of the molecule is CCN=C(N)NC(CC)c1cccs1.